The van der Waals surface area contributed by atoms with Crippen molar-refractivity contribution in [2.45, 2.75) is 58.0 Å². The molecule has 2 N–H and O–H groups in total. The second kappa shape index (κ2) is 9.03. The first-order valence-corrected chi connectivity index (χ1v) is 11.5. The number of allylic oxidation sites excluding steroid dienone is 2. The van der Waals surface area contributed by atoms with Crippen LogP contribution in [0.3, 0.4) is 0 Å². The molecule has 2 aromatic heterocycles. The maximum absolute atomic E-state index is 6.28. The number of nitrogens with zero attached hydrogens (tertiary/aromatic N) is 8. The van der Waals surface area contributed by atoms with Gasteiger partial charge in [0.2, 0.25) is 11.1 Å². The van der Waals surface area contributed by atoms with Gasteiger partial charge >= 0.3 is 0 Å². The fraction of sp³-hybridized carbons (Fsp3) is 0.550. The lowest BCUT2D eigenvalue weighted by molar-refractivity contribution is 0.298. The number of thioether (sulfide) groups is 1. The van der Waals surface area contributed by atoms with Crippen LogP contribution in [0.1, 0.15) is 50.4 Å². The molecule has 1 fully saturated rings. The van der Waals surface area contributed by atoms with Crippen molar-refractivity contribution in [2.75, 3.05) is 18.8 Å². The predicted molar refractivity (Wildman–Crippen MR) is 120 cm³/mol. The van der Waals surface area contributed by atoms with Crippen molar-refractivity contribution in [3.63, 3.8) is 0 Å². The summed E-state index contributed by atoms with van der Waals surface area (Å²) >= 11 is 1.56. The Labute approximate surface area is 181 Å². The second-order valence-corrected chi connectivity index (χ2v) is 8.79. The Balaban J connectivity index is 1.69. The topological polar surface area (TPSA) is 103 Å². The van der Waals surface area contributed by atoms with Crippen molar-refractivity contribution in [1.82, 2.24) is 29.6 Å². The monoisotopic (exact) mass is 427 g/mol. The summed E-state index contributed by atoms with van der Waals surface area (Å²) in [6.45, 7) is 8.14. The third-order valence-electron chi connectivity index (χ3n) is 5.24. The van der Waals surface area contributed by atoms with Gasteiger partial charge in [-0.05, 0) is 57.8 Å². The molecule has 2 aromatic rings. The third-order valence-corrected chi connectivity index (χ3v) is 6.05. The average Bonchev–Trinajstić information content (AvgIpc) is 3.44. The van der Waals surface area contributed by atoms with E-state index >= 15 is 0 Å². The van der Waals surface area contributed by atoms with Crippen molar-refractivity contribution in [1.29, 1.82) is 0 Å². The third kappa shape index (κ3) is 4.28. The molecule has 0 amide bonds. The molecule has 0 atom stereocenters. The summed E-state index contributed by atoms with van der Waals surface area (Å²) in [5.41, 5.74) is 10.4. The molecule has 1 aliphatic heterocycles. The summed E-state index contributed by atoms with van der Waals surface area (Å²) in [4.78, 5) is 7.33. The number of likely N-dealkylation sites (tertiary alicyclic amines) is 1. The van der Waals surface area contributed by atoms with E-state index in [4.69, 9.17) is 10.7 Å². The van der Waals surface area contributed by atoms with Crippen LogP contribution in [0.15, 0.2) is 33.1 Å². The van der Waals surface area contributed by atoms with Gasteiger partial charge in [-0.25, -0.2) is 9.67 Å². The molecule has 3 heterocycles. The summed E-state index contributed by atoms with van der Waals surface area (Å²) in [7, 11) is 0. The van der Waals surface area contributed by atoms with E-state index in [1.807, 2.05) is 19.9 Å². The number of hydrogen-bond acceptors (Lipinski definition) is 7. The lowest BCUT2D eigenvalue weighted by Gasteiger charge is -2.30. The summed E-state index contributed by atoms with van der Waals surface area (Å²) in [6, 6.07) is 1.96. The van der Waals surface area contributed by atoms with E-state index in [1.165, 1.54) is 25.0 Å². The molecular formula is C20H29N9S. The van der Waals surface area contributed by atoms with E-state index in [1.54, 1.807) is 21.1 Å². The number of aromatic nitrogens is 5. The van der Waals surface area contributed by atoms with Crippen LogP contribution in [-0.4, -0.2) is 60.1 Å². The van der Waals surface area contributed by atoms with Gasteiger partial charge in [-0.3, -0.25) is 0 Å². The molecule has 10 heteroatoms. The largest absolute Gasteiger partial charge is 0.370 e. The van der Waals surface area contributed by atoms with Gasteiger partial charge in [0.25, 0.3) is 5.95 Å². The van der Waals surface area contributed by atoms with E-state index in [9.17, 15) is 0 Å². The van der Waals surface area contributed by atoms with Gasteiger partial charge in [0.15, 0.2) is 0 Å². The molecule has 9 nitrogen and oxygen atoms in total. The second-order valence-electron chi connectivity index (χ2n) is 7.56. The zero-order valence-electron chi connectivity index (χ0n) is 17.9. The first-order chi connectivity index (χ1) is 14.6. The predicted octanol–water partition coefficient (Wildman–Crippen LogP) is 3.07. The highest BCUT2D eigenvalue weighted by Gasteiger charge is 2.23. The maximum atomic E-state index is 6.28. The number of aryl methyl sites for hydroxylation is 2. The summed E-state index contributed by atoms with van der Waals surface area (Å²) in [5, 5.41) is 18.3. The number of aliphatic imine (C=N–C) groups is 1. The van der Waals surface area contributed by atoms with Crippen molar-refractivity contribution in [2.24, 2.45) is 15.8 Å². The number of rotatable bonds is 5. The SMILES string of the molecule is CCSc1nnc(/N=C2\CCC=C2N2CCCCC2)n1/N=C(\N)n1nc(C)cc1C. The van der Waals surface area contributed by atoms with E-state index in [-0.39, 0.29) is 5.96 Å². The van der Waals surface area contributed by atoms with Crippen LogP contribution in [0.5, 0.6) is 0 Å². The van der Waals surface area contributed by atoms with E-state index in [0.717, 1.165) is 48.8 Å². The molecule has 4 rings (SSSR count). The van der Waals surface area contributed by atoms with Crippen LogP contribution in [0, 0.1) is 13.8 Å². The fourth-order valence-electron chi connectivity index (χ4n) is 3.91. The summed E-state index contributed by atoms with van der Waals surface area (Å²) in [6.07, 6.45) is 7.99. The minimum atomic E-state index is 0.262. The molecule has 0 saturated carbocycles. The molecule has 1 saturated heterocycles. The molecule has 0 spiro atoms. The molecule has 30 heavy (non-hydrogen) atoms. The summed E-state index contributed by atoms with van der Waals surface area (Å²) in [5.74, 6) is 1.57. The Bertz CT molecular complexity index is 992. The molecule has 0 aromatic carbocycles. The Morgan fingerprint density at radius 3 is 2.70 bits per heavy atom. The Kier molecular flexibility index (Phi) is 6.21. The van der Waals surface area contributed by atoms with E-state index in [0.29, 0.717) is 11.1 Å². The van der Waals surface area contributed by atoms with Crippen molar-refractivity contribution in [3.8, 4) is 0 Å². The number of nitrogens with two attached hydrogens (primary N) is 1. The fourth-order valence-corrected chi connectivity index (χ4v) is 4.51. The normalized spacial score (nSPS) is 19.0. The van der Waals surface area contributed by atoms with E-state index < -0.39 is 0 Å². The van der Waals surface area contributed by atoms with Crippen LogP contribution < -0.4 is 5.73 Å². The first-order valence-electron chi connectivity index (χ1n) is 10.6. The molecule has 2 aliphatic rings. The van der Waals surface area contributed by atoms with Crippen molar-refractivity contribution in [3.05, 3.63) is 29.2 Å². The first kappa shape index (κ1) is 20.6. The Morgan fingerprint density at radius 2 is 2.00 bits per heavy atom. The minimum absolute atomic E-state index is 0.262. The highest BCUT2D eigenvalue weighted by Crippen LogP contribution is 2.27. The van der Waals surface area contributed by atoms with Crippen LogP contribution >= 0.6 is 11.8 Å². The molecule has 0 unspecified atom stereocenters. The zero-order valence-corrected chi connectivity index (χ0v) is 18.7. The van der Waals surface area contributed by atoms with Crippen LogP contribution in [0.25, 0.3) is 0 Å². The van der Waals surface area contributed by atoms with Crippen LogP contribution in [-0.2, 0) is 0 Å². The number of hydrogen-bond donors (Lipinski definition) is 1. The lowest BCUT2D eigenvalue weighted by atomic mass is 10.1. The molecule has 0 bridgehead atoms. The highest BCUT2D eigenvalue weighted by atomic mass is 32.2. The Hall–Kier alpha value is -2.62. The van der Waals surface area contributed by atoms with Crippen molar-refractivity contribution >= 4 is 29.4 Å². The van der Waals surface area contributed by atoms with Gasteiger partial charge in [0, 0.05) is 18.8 Å². The standard InChI is InChI=1S/C20H29N9S/c1-4-30-20-24-23-19(29(20)26-18(21)28-15(3)13-14(2)25-28)22-16-9-8-10-17(16)27-11-6-5-7-12-27/h10,13H,4-9,11-12H2,1-3H3,(H2,21,26)/b22-16+. The highest BCUT2D eigenvalue weighted by molar-refractivity contribution is 7.99. The molecule has 1 aliphatic carbocycles. The van der Waals surface area contributed by atoms with Crippen molar-refractivity contribution < 1.29 is 0 Å². The lowest BCUT2D eigenvalue weighted by Crippen LogP contribution is -2.31. The van der Waals surface area contributed by atoms with Gasteiger partial charge in [0.1, 0.15) is 0 Å². The Morgan fingerprint density at radius 1 is 1.20 bits per heavy atom. The average molecular weight is 428 g/mol. The molecular weight excluding hydrogens is 398 g/mol. The maximum Gasteiger partial charge on any atom is 0.273 e. The van der Waals surface area contributed by atoms with Gasteiger partial charge < -0.3 is 10.6 Å². The molecule has 160 valence electrons. The van der Waals surface area contributed by atoms with E-state index in [2.05, 4.69) is 38.3 Å². The number of piperidine rings is 1. The molecule has 0 radical (unpaired) electrons. The minimum Gasteiger partial charge on any atom is -0.370 e. The quantitative estimate of drug-likeness (QED) is 0.447. The van der Waals surface area contributed by atoms with Gasteiger partial charge in [-0.2, -0.15) is 9.77 Å². The smallest absolute Gasteiger partial charge is 0.273 e. The summed E-state index contributed by atoms with van der Waals surface area (Å²) < 4.78 is 3.26. The van der Waals surface area contributed by atoms with Crippen LogP contribution in [0.4, 0.5) is 5.95 Å². The van der Waals surface area contributed by atoms with Crippen LogP contribution in [0.2, 0.25) is 0 Å². The zero-order chi connectivity index (χ0) is 21.1. The van der Waals surface area contributed by atoms with Gasteiger partial charge in [0.05, 0.1) is 17.1 Å². The van der Waals surface area contributed by atoms with Gasteiger partial charge in [-0.15, -0.1) is 15.3 Å². The van der Waals surface area contributed by atoms with Gasteiger partial charge in [-0.1, -0.05) is 24.8 Å².